The topological polar surface area (TPSA) is 54.0 Å². The van der Waals surface area contributed by atoms with Crippen molar-refractivity contribution in [2.24, 2.45) is 0 Å². The summed E-state index contributed by atoms with van der Waals surface area (Å²) in [5.74, 6) is 0.491. The molecule has 0 aliphatic heterocycles. The molecule has 0 radical (unpaired) electrons. The molecule has 5 heteroatoms. The first kappa shape index (κ1) is 13.4. The van der Waals surface area contributed by atoms with Gasteiger partial charge in [-0.15, -0.1) is 0 Å². The number of anilines is 2. The van der Waals surface area contributed by atoms with E-state index in [1.54, 1.807) is 42.6 Å². The van der Waals surface area contributed by atoms with Crippen molar-refractivity contribution in [3.8, 4) is 0 Å². The second-order valence-corrected chi connectivity index (χ2v) is 4.36. The van der Waals surface area contributed by atoms with Crippen LogP contribution in [-0.2, 0) is 0 Å². The Bertz CT molecular complexity index is 586. The average Bonchev–Trinajstić information content (AvgIpc) is 2.39. The normalized spacial score (nSPS) is 10.0. The number of benzene rings is 1. The SMILES string of the molecule is CCNc1cc(C(=O)Nc2cccc(Cl)c2)ccn1. The maximum Gasteiger partial charge on any atom is 0.255 e. The highest BCUT2D eigenvalue weighted by Gasteiger charge is 2.07. The monoisotopic (exact) mass is 275 g/mol. The molecule has 0 aliphatic rings. The minimum atomic E-state index is -0.191. The highest BCUT2D eigenvalue weighted by atomic mass is 35.5. The van der Waals surface area contributed by atoms with Crippen LogP contribution in [0.1, 0.15) is 17.3 Å². The summed E-state index contributed by atoms with van der Waals surface area (Å²) in [6, 6.07) is 10.4. The fourth-order valence-corrected chi connectivity index (χ4v) is 1.81. The summed E-state index contributed by atoms with van der Waals surface area (Å²) in [6.07, 6.45) is 1.60. The van der Waals surface area contributed by atoms with Gasteiger partial charge in [0.25, 0.3) is 5.91 Å². The van der Waals surface area contributed by atoms with Crippen LogP contribution in [-0.4, -0.2) is 17.4 Å². The first-order valence-corrected chi connectivity index (χ1v) is 6.33. The van der Waals surface area contributed by atoms with E-state index in [9.17, 15) is 4.79 Å². The number of amides is 1. The van der Waals surface area contributed by atoms with Crippen molar-refractivity contribution in [3.05, 3.63) is 53.2 Å². The lowest BCUT2D eigenvalue weighted by Gasteiger charge is -2.07. The molecule has 0 spiro atoms. The second kappa shape index (κ2) is 6.20. The Labute approximate surface area is 116 Å². The first-order chi connectivity index (χ1) is 9.19. The minimum Gasteiger partial charge on any atom is -0.370 e. The van der Waals surface area contributed by atoms with Crippen LogP contribution in [0.2, 0.25) is 5.02 Å². The van der Waals surface area contributed by atoms with Crippen molar-refractivity contribution in [1.29, 1.82) is 0 Å². The standard InChI is InChI=1S/C14H14ClN3O/c1-2-16-13-8-10(6-7-17-13)14(19)18-12-5-3-4-11(15)9-12/h3-9H,2H2,1H3,(H,16,17)(H,18,19). The first-order valence-electron chi connectivity index (χ1n) is 5.96. The quantitative estimate of drug-likeness (QED) is 0.899. The Morgan fingerprint density at radius 2 is 2.16 bits per heavy atom. The fraction of sp³-hybridized carbons (Fsp3) is 0.143. The van der Waals surface area contributed by atoms with Crippen molar-refractivity contribution in [2.75, 3.05) is 17.2 Å². The van der Waals surface area contributed by atoms with E-state index in [2.05, 4.69) is 15.6 Å². The predicted octanol–water partition coefficient (Wildman–Crippen LogP) is 3.42. The lowest BCUT2D eigenvalue weighted by atomic mass is 10.2. The maximum atomic E-state index is 12.1. The molecular formula is C14H14ClN3O. The van der Waals surface area contributed by atoms with Gasteiger partial charge >= 0.3 is 0 Å². The number of rotatable bonds is 4. The van der Waals surface area contributed by atoms with Gasteiger partial charge in [-0.2, -0.15) is 0 Å². The van der Waals surface area contributed by atoms with Gasteiger partial charge < -0.3 is 10.6 Å². The summed E-state index contributed by atoms with van der Waals surface area (Å²) in [4.78, 5) is 16.2. The maximum absolute atomic E-state index is 12.1. The molecule has 0 unspecified atom stereocenters. The van der Waals surface area contributed by atoms with Crippen LogP contribution in [0.5, 0.6) is 0 Å². The van der Waals surface area contributed by atoms with Crippen molar-refractivity contribution in [2.45, 2.75) is 6.92 Å². The molecule has 0 bridgehead atoms. The number of pyridine rings is 1. The summed E-state index contributed by atoms with van der Waals surface area (Å²) in [6.45, 7) is 2.73. The summed E-state index contributed by atoms with van der Waals surface area (Å²) in [5, 5.41) is 6.44. The highest BCUT2D eigenvalue weighted by molar-refractivity contribution is 6.30. The minimum absolute atomic E-state index is 0.191. The van der Waals surface area contributed by atoms with Crippen molar-refractivity contribution >= 4 is 29.0 Å². The van der Waals surface area contributed by atoms with Gasteiger partial charge in [0.15, 0.2) is 0 Å². The summed E-state index contributed by atoms with van der Waals surface area (Å²) < 4.78 is 0. The molecule has 1 aromatic heterocycles. The molecule has 0 saturated heterocycles. The van der Waals surface area contributed by atoms with Crippen LogP contribution >= 0.6 is 11.6 Å². The van der Waals surface area contributed by atoms with E-state index in [1.165, 1.54) is 0 Å². The third kappa shape index (κ3) is 3.69. The van der Waals surface area contributed by atoms with Crippen LogP contribution in [0.4, 0.5) is 11.5 Å². The average molecular weight is 276 g/mol. The van der Waals surface area contributed by atoms with Crippen molar-refractivity contribution < 1.29 is 4.79 Å². The van der Waals surface area contributed by atoms with Crippen LogP contribution in [0.15, 0.2) is 42.6 Å². The predicted molar refractivity (Wildman–Crippen MR) is 77.8 cm³/mol. The van der Waals surface area contributed by atoms with E-state index in [0.29, 0.717) is 22.1 Å². The van der Waals surface area contributed by atoms with E-state index in [4.69, 9.17) is 11.6 Å². The van der Waals surface area contributed by atoms with Gasteiger partial charge in [0, 0.05) is 29.0 Å². The third-order valence-corrected chi connectivity index (χ3v) is 2.70. The lowest BCUT2D eigenvalue weighted by Crippen LogP contribution is -2.12. The molecule has 0 atom stereocenters. The Morgan fingerprint density at radius 1 is 1.32 bits per heavy atom. The van der Waals surface area contributed by atoms with Crippen molar-refractivity contribution in [1.82, 2.24) is 4.98 Å². The molecule has 1 amide bonds. The molecule has 2 aromatic rings. The van der Waals surface area contributed by atoms with Gasteiger partial charge in [0.05, 0.1) is 0 Å². The fourth-order valence-electron chi connectivity index (χ4n) is 1.62. The van der Waals surface area contributed by atoms with Gasteiger partial charge in [-0.25, -0.2) is 4.98 Å². The van der Waals surface area contributed by atoms with Gasteiger partial charge in [-0.05, 0) is 37.3 Å². The Kier molecular flexibility index (Phi) is 4.36. The molecule has 0 saturated carbocycles. The van der Waals surface area contributed by atoms with E-state index >= 15 is 0 Å². The Balaban J connectivity index is 2.13. The van der Waals surface area contributed by atoms with E-state index in [1.807, 2.05) is 6.92 Å². The molecule has 1 heterocycles. The van der Waals surface area contributed by atoms with Gasteiger partial charge in [0.2, 0.25) is 0 Å². The number of halogens is 1. The van der Waals surface area contributed by atoms with Gasteiger partial charge in [0.1, 0.15) is 5.82 Å². The van der Waals surface area contributed by atoms with E-state index < -0.39 is 0 Å². The van der Waals surface area contributed by atoms with Crippen LogP contribution in [0, 0.1) is 0 Å². The largest absolute Gasteiger partial charge is 0.370 e. The Morgan fingerprint density at radius 3 is 2.89 bits per heavy atom. The highest BCUT2D eigenvalue weighted by Crippen LogP contribution is 2.16. The van der Waals surface area contributed by atoms with Gasteiger partial charge in [-0.1, -0.05) is 17.7 Å². The number of nitrogens with zero attached hydrogens (tertiary/aromatic N) is 1. The molecule has 0 aliphatic carbocycles. The van der Waals surface area contributed by atoms with Gasteiger partial charge in [-0.3, -0.25) is 4.79 Å². The molecule has 98 valence electrons. The molecule has 0 fully saturated rings. The molecule has 2 N–H and O–H groups in total. The summed E-state index contributed by atoms with van der Waals surface area (Å²) >= 11 is 5.87. The summed E-state index contributed by atoms with van der Waals surface area (Å²) in [7, 11) is 0. The molecule has 19 heavy (non-hydrogen) atoms. The number of nitrogens with one attached hydrogen (secondary N) is 2. The molecular weight excluding hydrogens is 262 g/mol. The van der Waals surface area contributed by atoms with E-state index in [-0.39, 0.29) is 5.91 Å². The number of hydrogen-bond donors (Lipinski definition) is 2. The number of aromatic nitrogens is 1. The van der Waals surface area contributed by atoms with Crippen molar-refractivity contribution in [3.63, 3.8) is 0 Å². The molecule has 4 nitrogen and oxygen atoms in total. The Hall–Kier alpha value is -2.07. The lowest BCUT2D eigenvalue weighted by molar-refractivity contribution is 0.102. The zero-order chi connectivity index (χ0) is 13.7. The zero-order valence-corrected chi connectivity index (χ0v) is 11.2. The summed E-state index contributed by atoms with van der Waals surface area (Å²) in [5.41, 5.74) is 1.21. The smallest absolute Gasteiger partial charge is 0.255 e. The van der Waals surface area contributed by atoms with E-state index in [0.717, 1.165) is 6.54 Å². The number of carbonyl (C=O) groups excluding carboxylic acids is 1. The third-order valence-electron chi connectivity index (χ3n) is 2.46. The number of carbonyl (C=O) groups is 1. The molecule has 1 aromatic carbocycles. The van der Waals surface area contributed by atoms with Crippen LogP contribution in [0.25, 0.3) is 0 Å². The second-order valence-electron chi connectivity index (χ2n) is 3.92. The van der Waals surface area contributed by atoms with Crippen LogP contribution in [0.3, 0.4) is 0 Å². The molecule has 2 rings (SSSR count). The van der Waals surface area contributed by atoms with Crippen LogP contribution < -0.4 is 10.6 Å². The zero-order valence-electron chi connectivity index (χ0n) is 10.5. The number of hydrogen-bond acceptors (Lipinski definition) is 3.